The molecule has 0 unspecified atom stereocenters. The third-order valence-corrected chi connectivity index (χ3v) is 3.43. The van der Waals surface area contributed by atoms with Crippen molar-refractivity contribution in [1.29, 1.82) is 0 Å². The molecule has 0 bridgehead atoms. The fraction of sp³-hybridized carbons (Fsp3) is 0. The summed E-state index contributed by atoms with van der Waals surface area (Å²) < 4.78 is 2.60. The lowest BCUT2D eigenvalue weighted by Crippen LogP contribution is -1.97. The maximum atomic E-state index is 11.0. The molecule has 1 aromatic heterocycles. The molecule has 1 heterocycles. The highest BCUT2D eigenvalue weighted by Gasteiger charge is 2.09. The maximum absolute atomic E-state index is 11.0. The van der Waals surface area contributed by atoms with E-state index in [1.54, 1.807) is 29.2 Å². The SMILES string of the molecule is O=C(O)c1cccc(-c2ncn(-c3cccc(Br)c3)n2)c1. The largest absolute Gasteiger partial charge is 0.478 e. The first-order valence-electron chi connectivity index (χ1n) is 6.15. The third kappa shape index (κ3) is 2.85. The minimum absolute atomic E-state index is 0.214. The fourth-order valence-corrected chi connectivity index (χ4v) is 2.32. The van der Waals surface area contributed by atoms with Gasteiger partial charge in [-0.3, -0.25) is 0 Å². The molecule has 3 rings (SSSR count). The topological polar surface area (TPSA) is 68.0 Å². The van der Waals surface area contributed by atoms with Crippen molar-refractivity contribution in [3.8, 4) is 17.1 Å². The van der Waals surface area contributed by atoms with E-state index in [0.717, 1.165) is 10.2 Å². The summed E-state index contributed by atoms with van der Waals surface area (Å²) in [5, 5.41) is 13.4. The van der Waals surface area contributed by atoms with Crippen LogP contribution in [0.5, 0.6) is 0 Å². The second-order valence-corrected chi connectivity index (χ2v) is 5.29. The highest BCUT2D eigenvalue weighted by Crippen LogP contribution is 2.19. The van der Waals surface area contributed by atoms with E-state index in [9.17, 15) is 4.79 Å². The summed E-state index contributed by atoms with van der Waals surface area (Å²) in [5.74, 6) is -0.485. The minimum Gasteiger partial charge on any atom is -0.478 e. The Kier molecular flexibility index (Phi) is 3.53. The van der Waals surface area contributed by atoms with Crippen LogP contribution in [-0.4, -0.2) is 25.8 Å². The van der Waals surface area contributed by atoms with Crippen molar-refractivity contribution in [2.45, 2.75) is 0 Å². The van der Waals surface area contributed by atoms with Gasteiger partial charge in [0.2, 0.25) is 0 Å². The first-order valence-corrected chi connectivity index (χ1v) is 6.94. The van der Waals surface area contributed by atoms with Crippen LogP contribution in [0, 0.1) is 0 Å². The average molecular weight is 344 g/mol. The number of carboxylic acid groups (broad SMARTS) is 1. The molecule has 3 aromatic rings. The van der Waals surface area contributed by atoms with Gasteiger partial charge in [-0.2, -0.15) is 0 Å². The number of benzene rings is 2. The van der Waals surface area contributed by atoms with E-state index in [0.29, 0.717) is 11.4 Å². The molecule has 2 aromatic carbocycles. The smallest absolute Gasteiger partial charge is 0.335 e. The lowest BCUT2D eigenvalue weighted by molar-refractivity contribution is 0.0697. The van der Waals surface area contributed by atoms with E-state index < -0.39 is 5.97 Å². The predicted octanol–water partition coefficient (Wildman–Crippen LogP) is 3.40. The van der Waals surface area contributed by atoms with Gasteiger partial charge in [0.25, 0.3) is 0 Å². The second kappa shape index (κ2) is 5.49. The monoisotopic (exact) mass is 343 g/mol. The summed E-state index contributed by atoms with van der Waals surface area (Å²) in [6.07, 6.45) is 1.60. The van der Waals surface area contributed by atoms with Gasteiger partial charge in [-0.1, -0.05) is 34.1 Å². The van der Waals surface area contributed by atoms with Crippen molar-refractivity contribution < 1.29 is 9.90 Å². The molecule has 0 amide bonds. The van der Waals surface area contributed by atoms with E-state index >= 15 is 0 Å². The summed E-state index contributed by atoms with van der Waals surface area (Å²) in [6.45, 7) is 0. The van der Waals surface area contributed by atoms with Crippen molar-refractivity contribution in [3.63, 3.8) is 0 Å². The number of aromatic carboxylic acids is 1. The van der Waals surface area contributed by atoms with E-state index in [1.807, 2.05) is 24.3 Å². The van der Waals surface area contributed by atoms with Crippen molar-refractivity contribution >= 4 is 21.9 Å². The van der Waals surface area contributed by atoms with Crippen molar-refractivity contribution in [1.82, 2.24) is 14.8 Å². The van der Waals surface area contributed by atoms with Crippen molar-refractivity contribution in [3.05, 3.63) is 64.9 Å². The summed E-state index contributed by atoms with van der Waals surface area (Å²) >= 11 is 3.41. The lowest BCUT2D eigenvalue weighted by Gasteiger charge is -2.01. The van der Waals surface area contributed by atoms with Gasteiger partial charge in [0.05, 0.1) is 11.3 Å². The van der Waals surface area contributed by atoms with Gasteiger partial charge in [0.15, 0.2) is 5.82 Å². The van der Waals surface area contributed by atoms with E-state index in [1.165, 1.54) is 6.07 Å². The number of rotatable bonds is 3. The molecule has 0 fully saturated rings. The standard InChI is InChI=1S/C15H10BrN3O2/c16-12-5-2-6-13(8-12)19-9-17-14(18-19)10-3-1-4-11(7-10)15(20)21/h1-9H,(H,20,21). The molecular formula is C15H10BrN3O2. The van der Waals surface area contributed by atoms with Crippen LogP contribution in [0.2, 0.25) is 0 Å². The molecule has 0 aliphatic heterocycles. The third-order valence-electron chi connectivity index (χ3n) is 2.93. The number of carbonyl (C=O) groups is 1. The Morgan fingerprint density at radius 2 is 1.95 bits per heavy atom. The molecule has 0 aliphatic rings. The van der Waals surface area contributed by atoms with Crippen LogP contribution in [0.1, 0.15) is 10.4 Å². The Bertz CT molecular complexity index is 814. The van der Waals surface area contributed by atoms with Crippen molar-refractivity contribution in [2.24, 2.45) is 0 Å². The molecule has 6 heteroatoms. The van der Waals surface area contributed by atoms with Gasteiger partial charge >= 0.3 is 5.97 Å². The predicted molar refractivity (Wildman–Crippen MR) is 81.5 cm³/mol. The van der Waals surface area contributed by atoms with Crippen LogP contribution in [0.25, 0.3) is 17.1 Å². The van der Waals surface area contributed by atoms with Gasteiger partial charge in [-0.15, -0.1) is 5.10 Å². The average Bonchev–Trinajstić information content (AvgIpc) is 2.97. The highest BCUT2D eigenvalue weighted by atomic mass is 79.9. The zero-order valence-electron chi connectivity index (χ0n) is 10.8. The molecule has 5 nitrogen and oxygen atoms in total. The quantitative estimate of drug-likeness (QED) is 0.791. The van der Waals surface area contributed by atoms with Crippen LogP contribution in [0.3, 0.4) is 0 Å². The summed E-state index contributed by atoms with van der Waals surface area (Å²) in [7, 11) is 0. The van der Waals surface area contributed by atoms with Gasteiger partial charge in [0, 0.05) is 10.0 Å². The Morgan fingerprint density at radius 3 is 2.71 bits per heavy atom. The van der Waals surface area contributed by atoms with Gasteiger partial charge in [0.1, 0.15) is 6.33 Å². The number of hydrogen-bond donors (Lipinski definition) is 1. The number of nitrogens with zero attached hydrogens (tertiary/aromatic N) is 3. The second-order valence-electron chi connectivity index (χ2n) is 4.38. The lowest BCUT2D eigenvalue weighted by atomic mass is 10.1. The molecular weight excluding hydrogens is 334 g/mol. The Morgan fingerprint density at radius 1 is 1.14 bits per heavy atom. The first-order chi connectivity index (χ1) is 10.1. The summed E-state index contributed by atoms with van der Waals surface area (Å²) in [4.78, 5) is 15.2. The van der Waals surface area contributed by atoms with Crippen LogP contribution in [-0.2, 0) is 0 Å². The zero-order valence-corrected chi connectivity index (χ0v) is 12.4. The molecule has 0 aliphatic carbocycles. The van der Waals surface area contributed by atoms with E-state index in [-0.39, 0.29) is 5.56 Å². The summed E-state index contributed by atoms with van der Waals surface area (Å²) in [6, 6.07) is 14.2. The van der Waals surface area contributed by atoms with Crippen LogP contribution in [0.4, 0.5) is 0 Å². The first kappa shape index (κ1) is 13.5. The molecule has 0 saturated heterocycles. The number of hydrogen-bond acceptors (Lipinski definition) is 3. The van der Waals surface area contributed by atoms with Crippen molar-refractivity contribution in [2.75, 3.05) is 0 Å². The van der Waals surface area contributed by atoms with Gasteiger partial charge in [-0.05, 0) is 30.3 Å². The maximum Gasteiger partial charge on any atom is 0.335 e. The van der Waals surface area contributed by atoms with E-state index in [4.69, 9.17) is 5.11 Å². The number of aromatic nitrogens is 3. The molecule has 21 heavy (non-hydrogen) atoms. The molecule has 0 saturated carbocycles. The van der Waals surface area contributed by atoms with Crippen LogP contribution in [0.15, 0.2) is 59.3 Å². The molecule has 0 spiro atoms. The van der Waals surface area contributed by atoms with Crippen LogP contribution < -0.4 is 0 Å². The van der Waals surface area contributed by atoms with Gasteiger partial charge in [-0.25, -0.2) is 14.5 Å². The van der Waals surface area contributed by atoms with Gasteiger partial charge < -0.3 is 5.11 Å². The molecule has 0 radical (unpaired) electrons. The summed E-state index contributed by atoms with van der Waals surface area (Å²) in [5.41, 5.74) is 1.76. The Hall–Kier alpha value is -2.47. The normalized spacial score (nSPS) is 10.5. The zero-order chi connectivity index (χ0) is 14.8. The Balaban J connectivity index is 1.98. The number of halogens is 1. The molecule has 0 atom stereocenters. The minimum atomic E-state index is -0.969. The number of carboxylic acids is 1. The van der Waals surface area contributed by atoms with Crippen LogP contribution >= 0.6 is 15.9 Å². The van der Waals surface area contributed by atoms with E-state index in [2.05, 4.69) is 26.0 Å². The fourth-order valence-electron chi connectivity index (χ4n) is 1.93. The molecule has 104 valence electrons. The Labute approximate surface area is 129 Å². The molecule has 1 N–H and O–H groups in total. The highest BCUT2D eigenvalue weighted by molar-refractivity contribution is 9.10.